The fourth-order valence-electron chi connectivity index (χ4n) is 4.07. The summed E-state index contributed by atoms with van der Waals surface area (Å²) >= 11 is 0. The highest BCUT2D eigenvalue weighted by molar-refractivity contribution is 5.92. The standard InChI is InChI=1S/C19H27N3O2/c20-17(23)16-7-5-15(6-8-16)13-21-18(24)22-12-11-19(14-22)9-3-1-2-4-10-19/h5-8H,1-4,9-14H2,(H2,20,23)(H,21,24). The van der Waals surface area contributed by atoms with E-state index in [1.807, 2.05) is 17.0 Å². The molecule has 1 heterocycles. The van der Waals surface area contributed by atoms with Crippen LogP contribution >= 0.6 is 0 Å². The van der Waals surface area contributed by atoms with Gasteiger partial charge in [0.15, 0.2) is 0 Å². The fraction of sp³-hybridized carbons (Fsp3) is 0.579. The largest absolute Gasteiger partial charge is 0.366 e. The zero-order valence-electron chi connectivity index (χ0n) is 14.2. The van der Waals surface area contributed by atoms with E-state index in [0.29, 0.717) is 17.5 Å². The van der Waals surface area contributed by atoms with Crippen LogP contribution in [0.4, 0.5) is 4.79 Å². The highest BCUT2D eigenvalue weighted by Crippen LogP contribution is 2.42. The van der Waals surface area contributed by atoms with Crippen molar-refractivity contribution >= 4 is 11.9 Å². The maximum absolute atomic E-state index is 12.4. The second-order valence-electron chi connectivity index (χ2n) is 7.31. The lowest BCUT2D eigenvalue weighted by molar-refractivity contribution is 0.1000. The molecule has 1 aromatic carbocycles. The molecule has 0 bridgehead atoms. The quantitative estimate of drug-likeness (QED) is 0.894. The minimum atomic E-state index is -0.434. The van der Waals surface area contributed by atoms with Gasteiger partial charge in [-0.2, -0.15) is 0 Å². The fourth-order valence-corrected chi connectivity index (χ4v) is 4.07. The van der Waals surface area contributed by atoms with Gasteiger partial charge in [-0.3, -0.25) is 4.79 Å². The van der Waals surface area contributed by atoms with Gasteiger partial charge in [-0.1, -0.05) is 37.8 Å². The number of urea groups is 1. The van der Waals surface area contributed by atoms with Crippen LogP contribution in [0.1, 0.15) is 60.9 Å². The van der Waals surface area contributed by atoms with Crippen LogP contribution in [-0.4, -0.2) is 29.9 Å². The molecule has 2 fully saturated rings. The number of carbonyl (C=O) groups excluding carboxylic acids is 2. The predicted octanol–water partition coefficient (Wildman–Crippen LogP) is 3.04. The van der Waals surface area contributed by atoms with Crippen molar-refractivity contribution in [2.75, 3.05) is 13.1 Å². The maximum atomic E-state index is 12.4. The Hall–Kier alpha value is -2.04. The Balaban J connectivity index is 1.51. The topological polar surface area (TPSA) is 75.4 Å². The number of nitrogens with one attached hydrogen (secondary N) is 1. The molecular formula is C19H27N3O2. The molecule has 2 aliphatic rings. The Kier molecular flexibility index (Phi) is 5.07. The Labute approximate surface area is 143 Å². The van der Waals surface area contributed by atoms with Gasteiger partial charge in [0.2, 0.25) is 5.91 Å². The third-order valence-corrected chi connectivity index (χ3v) is 5.57. The maximum Gasteiger partial charge on any atom is 0.317 e. The first kappa shape index (κ1) is 16.8. The normalized spacial score (nSPS) is 19.9. The van der Waals surface area contributed by atoms with Crippen LogP contribution in [0.2, 0.25) is 0 Å². The number of likely N-dealkylation sites (tertiary alicyclic amines) is 1. The minimum absolute atomic E-state index is 0.0232. The van der Waals surface area contributed by atoms with Crippen LogP contribution in [0.15, 0.2) is 24.3 Å². The van der Waals surface area contributed by atoms with Crippen molar-refractivity contribution in [1.29, 1.82) is 0 Å². The summed E-state index contributed by atoms with van der Waals surface area (Å²) in [6.07, 6.45) is 8.98. The van der Waals surface area contributed by atoms with E-state index in [-0.39, 0.29) is 6.03 Å². The second kappa shape index (κ2) is 7.24. The molecule has 1 aliphatic carbocycles. The molecule has 3 amide bonds. The molecule has 0 unspecified atom stereocenters. The summed E-state index contributed by atoms with van der Waals surface area (Å²) in [4.78, 5) is 25.5. The van der Waals surface area contributed by atoms with Crippen LogP contribution in [0.25, 0.3) is 0 Å². The lowest BCUT2D eigenvalue weighted by atomic mass is 9.80. The van der Waals surface area contributed by atoms with E-state index in [1.54, 1.807) is 12.1 Å². The molecule has 3 rings (SSSR count). The number of carbonyl (C=O) groups is 2. The number of primary amides is 1. The lowest BCUT2D eigenvalue weighted by Crippen LogP contribution is -2.39. The molecule has 1 spiro atoms. The smallest absolute Gasteiger partial charge is 0.317 e. The summed E-state index contributed by atoms with van der Waals surface area (Å²) in [5.41, 5.74) is 7.06. The van der Waals surface area contributed by atoms with E-state index < -0.39 is 5.91 Å². The summed E-state index contributed by atoms with van der Waals surface area (Å²) in [5.74, 6) is -0.434. The Morgan fingerprint density at radius 3 is 2.33 bits per heavy atom. The molecule has 1 aliphatic heterocycles. The van der Waals surface area contributed by atoms with Crippen LogP contribution < -0.4 is 11.1 Å². The van der Waals surface area contributed by atoms with E-state index in [2.05, 4.69) is 5.32 Å². The first-order valence-corrected chi connectivity index (χ1v) is 9.00. The van der Waals surface area contributed by atoms with E-state index in [1.165, 1.54) is 38.5 Å². The molecule has 0 atom stereocenters. The number of hydrogen-bond acceptors (Lipinski definition) is 2. The number of nitrogens with zero attached hydrogens (tertiary/aromatic N) is 1. The number of amides is 3. The van der Waals surface area contributed by atoms with Gasteiger partial charge in [-0.05, 0) is 42.4 Å². The van der Waals surface area contributed by atoms with Crippen LogP contribution in [0.3, 0.4) is 0 Å². The molecule has 0 radical (unpaired) electrons. The van der Waals surface area contributed by atoms with E-state index >= 15 is 0 Å². The van der Waals surface area contributed by atoms with Gasteiger partial charge in [0.1, 0.15) is 0 Å². The molecule has 1 aromatic rings. The zero-order chi connectivity index (χ0) is 17.0. The predicted molar refractivity (Wildman–Crippen MR) is 93.5 cm³/mol. The van der Waals surface area contributed by atoms with E-state index in [4.69, 9.17) is 5.73 Å². The van der Waals surface area contributed by atoms with Crippen molar-refractivity contribution in [2.24, 2.45) is 11.1 Å². The molecular weight excluding hydrogens is 302 g/mol. The summed E-state index contributed by atoms with van der Waals surface area (Å²) < 4.78 is 0. The Bertz CT molecular complexity index is 589. The highest BCUT2D eigenvalue weighted by Gasteiger charge is 2.39. The summed E-state index contributed by atoms with van der Waals surface area (Å²) in [6.45, 7) is 2.24. The third-order valence-electron chi connectivity index (χ3n) is 5.57. The summed E-state index contributed by atoms with van der Waals surface area (Å²) in [7, 11) is 0. The molecule has 1 saturated heterocycles. The van der Waals surface area contributed by atoms with Crippen molar-refractivity contribution in [3.63, 3.8) is 0 Å². The number of benzene rings is 1. The molecule has 3 N–H and O–H groups in total. The first-order valence-electron chi connectivity index (χ1n) is 9.00. The molecule has 130 valence electrons. The van der Waals surface area contributed by atoms with Crippen molar-refractivity contribution < 1.29 is 9.59 Å². The number of hydrogen-bond donors (Lipinski definition) is 2. The van der Waals surface area contributed by atoms with E-state index in [0.717, 1.165) is 25.1 Å². The van der Waals surface area contributed by atoms with Crippen molar-refractivity contribution in [3.05, 3.63) is 35.4 Å². The zero-order valence-corrected chi connectivity index (χ0v) is 14.2. The summed E-state index contributed by atoms with van der Waals surface area (Å²) in [6, 6.07) is 7.07. The van der Waals surface area contributed by atoms with Gasteiger partial charge in [0, 0.05) is 25.2 Å². The Morgan fingerprint density at radius 1 is 1.04 bits per heavy atom. The van der Waals surface area contributed by atoms with E-state index in [9.17, 15) is 9.59 Å². The average Bonchev–Trinajstić information content (AvgIpc) is 2.86. The van der Waals surface area contributed by atoms with Crippen molar-refractivity contribution in [3.8, 4) is 0 Å². The lowest BCUT2D eigenvalue weighted by Gasteiger charge is -2.27. The van der Waals surface area contributed by atoms with Crippen LogP contribution in [0.5, 0.6) is 0 Å². The van der Waals surface area contributed by atoms with Gasteiger partial charge in [-0.15, -0.1) is 0 Å². The molecule has 0 aromatic heterocycles. The SMILES string of the molecule is NC(=O)c1ccc(CNC(=O)N2CCC3(CCCCCC3)C2)cc1. The first-order chi connectivity index (χ1) is 11.6. The molecule has 24 heavy (non-hydrogen) atoms. The van der Waals surface area contributed by atoms with Crippen LogP contribution in [0, 0.1) is 5.41 Å². The van der Waals surface area contributed by atoms with Gasteiger partial charge in [-0.25, -0.2) is 4.79 Å². The summed E-state index contributed by atoms with van der Waals surface area (Å²) in [5, 5.41) is 3.00. The molecule has 5 nitrogen and oxygen atoms in total. The monoisotopic (exact) mass is 329 g/mol. The molecule has 1 saturated carbocycles. The van der Waals surface area contributed by atoms with Gasteiger partial charge in [0.25, 0.3) is 0 Å². The average molecular weight is 329 g/mol. The Morgan fingerprint density at radius 2 is 1.71 bits per heavy atom. The second-order valence-corrected chi connectivity index (χ2v) is 7.31. The highest BCUT2D eigenvalue weighted by atomic mass is 16.2. The van der Waals surface area contributed by atoms with Gasteiger partial charge in [0.05, 0.1) is 0 Å². The van der Waals surface area contributed by atoms with Gasteiger partial charge < -0.3 is 16.0 Å². The molecule has 5 heteroatoms. The number of nitrogens with two attached hydrogens (primary N) is 1. The minimum Gasteiger partial charge on any atom is -0.366 e. The van der Waals surface area contributed by atoms with Crippen LogP contribution in [-0.2, 0) is 6.54 Å². The van der Waals surface area contributed by atoms with Gasteiger partial charge >= 0.3 is 6.03 Å². The van der Waals surface area contributed by atoms with Crippen molar-refractivity contribution in [1.82, 2.24) is 10.2 Å². The third kappa shape index (κ3) is 3.89. The van der Waals surface area contributed by atoms with Crippen molar-refractivity contribution in [2.45, 2.75) is 51.5 Å². The number of rotatable bonds is 3.